The molecule has 0 radical (unpaired) electrons. The number of hydrogen-bond acceptors (Lipinski definition) is 6. The predicted molar refractivity (Wildman–Crippen MR) is 70.6 cm³/mol. The van der Waals surface area contributed by atoms with E-state index in [1.54, 1.807) is 19.1 Å². The molecule has 2 N–H and O–H groups in total. The van der Waals surface area contributed by atoms with E-state index in [1.165, 1.54) is 12.4 Å². The lowest BCUT2D eigenvalue weighted by Gasteiger charge is -2.05. The highest BCUT2D eigenvalue weighted by molar-refractivity contribution is 6.30. The van der Waals surface area contributed by atoms with Crippen molar-refractivity contribution in [3.8, 4) is 11.5 Å². The van der Waals surface area contributed by atoms with E-state index in [2.05, 4.69) is 15.0 Å². The average molecular weight is 279 g/mol. The molecule has 0 bridgehead atoms. The minimum absolute atomic E-state index is 0.0557. The number of rotatable bonds is 3. The largest absolute Gasteiger partial charge is 0.462 e. The monoisotopic (exact) mass is 278 g/mol. The molecule has 0 saturated carbocycles. The van der Waals surface area contributed by atoms with Crippen molar-refractivity contribution in [2.75, 3.05) is 12.3 Å². The van der Waals surface area contributed by atoms with Crippen molar-refractivity contribution in [2.45, 2.75) is 6.92 Å². The zero-order valence-corrected chi connectivity index (χ0v) is 10.9. The van der Waals surface area contributed by atoms with Gasteiger partial charge in [-0.3, -0.25) is 4.98 Å². The van der Waals surface area contributed by atoms with Gasteiger partial charge in [-0.25, -0.2) is 14.8 Å². The third-order valence-corrected chi connectivity index (χ3v) is 2.49. The van der Waals surface area contributed by atoms with Crippen LogP contribution in [0, 0.1) is 0 Å². The number of halogens is 1. The molecule has 2 aromatic heterocycles. The fourth-order valence-electron chi connectivity index (χ4n) is 1.39. The smallest absolute Gasteiger partial charge is 0.343 e. The highest BCUT2D eigenvalue weighted by atomic mass is 35.5. The number of nitrogen functional groups attached to an aromatic ring is 1. The summed E-state index contributed by atoms with van der Waals surface area (Å²) in [4.78, 5) is 23.7. The van der Waals surface area contributed by atoms with Gasteiger partial charge in [0.05, 0.1) is 11.6 Å². The number of esters is 1. The number of carbonyl (C=O) groups is 1. The molecule has 0 aliphatic rings. The van der Waals surface area contributed by atoms with E-state index in [1.807, 2.05) is 0 Å². The van der Waals surface area contributed by atoms with Crippen molar-refractivity contribution >= 4 is 23.4 Å². The molecular weight excluding hydrogens is 268 g/mol. The summed E-state index contributed by atoms with van der Waals surface area (Å²) in [5.74, 6) is -0.168. The number of nitrogens with zero attached hydrogens (tertiary/aromatic N) is 3. The molecule has 98 valence electrons. The molecule has 7 heteroatoms. The van der Waals surface area contributed by atoms with Crippen molar-refractivity contribution in [3.63, 3.8) is 0 Å². The van der Waals surface area contributed by atoms with Crippen LogP contribution in [0.5, 0.6) is 0 Å². The van der Waals surface area contributed by atoms with Gasteiger partial charge < -0.3 is 10.5 Å². The maximum Gasteiger partial charge on any atom is 0.343 e. The first-order valence-corrected chi connectivity index (χ1v) is 5.91. The first kappa shape index (κ1) is 13.2. The maximum absolute atomic E-state index is 11.5. The molecule has 0 saturated heterocycles. The fourth-order valence-corrected chi connectivity index (χ4v) is 1.50. The molecule has 2 rings (SSSR count). The standard InChI is InChI=1S/C12H11ClN4O2/c1-2-19-12(18)8-6-16-11(17-10(8)14)9-4-3-7(13)5-15-9/h3-6H,2H2,1H3,(H2,14,16,17). The van der Waals surface area contributed by atoms with E-state index < -0.39 is 5.97 Å². The van der Waals surface area contributed by atoms with E-state index in [0.29, 0.717) is 16.5 Å². The van der Waals surface area contributed by atoms with Gasteiger partial charge in [0, 0.05) is 12.4 Å². The van der Waals surface area contributed by atoms with Crippen LogP contribution in [0.2, 0.25) is 5.02 Å². The Kier molecular flexibility index (Phi) is 3.91. The normalized spacial score (nSPS) is 10.2. The van der Waals surface area contributed by atoms with Crippen molar-refractivity contribution in [3.05, 3.63) is 35.1 Å². The third-order valence-electron chi connectivity index (χ3n) is 2.27. The Labute approximate surface area is 114 Å². The zero-order chi connectivity index (χ0) is 13.8. The third kappa shape index (κ3) is 2.97. The maximum atomic E-state index is 11.5. The number of pyridine rings is 1. The molecule has 2 aromatic rings. The van der Waals surface area contributed by atoms with Gasteiger partial charge in [-0.05, 0) is 19.1 Å². The second-order valence-corrected chi connectivity index (χ2v) is 4.01. The highest BCUT2D eigenvalue weighted by Crippen LogP contribution is 2.17. The first-order chi connectivity index (χ1) is 9.11. The summed E-state index contributed by atoms with van der Waals surface area (Å²) in [5.41, 5.74) is 6.37. The van der Waals surface area contributed by atoms with Crippen LogP contribution in [-0.4, -0.2) is 27.5 Å². The number of nitrogens with two attached hydrogens (primary N) is 1. The van der Waals surface area contributed by atoms with Gasteiger partial charge >= 0.3 is 5.97 Å². The lowest BCUT2D eigenvalue weighted by Crippen LogP contribution is -2.10. The Balaban J connectivity index is 2.33. The van der Waals surface area contributed by atoms with E-state index in [9.17, 15) is 4.79 Å². The molecule has 0 unspecified atom stereocenters. The molecule has 0 atom stereocenters. The summed E-state index contributed by atoms with van der Waals surface area (Å²) in [6.45, 7) is 1.97. The van der Waals surface area contributed by atoms with Crippen LogP contribution < -0.4 is 5.73 Å². The van der Waals surface area contributed by atoms with E-state index in [-0.39, 0.29) is 18.0 Å². The number of hydrogen-bond donors (Lipinski definition) is 1. The number of anilines is 1. The van der Waals surface area contributed by atoms with Gasteiger partial charge in [0.25, 0.3) is 0 Å². The van der Waals surface area contributed by atoms with Crippen molar-refractivity contribution in [1.29, 1.82) is 0 Å². The zero-order valence-electron chi connectivity index (χ0n) is 10.1. The van der Waals surface area contributed by atoms with E-state index in [0.717, 1.165) is 0 Å². The Morgan fingerprint density at radius 1 is 1.37 bits per heavy atom. The van der Waals surface area contributed by atoms with Crippen LogP contribution in [0.3, 0.4) is 0 Å². The lowest BCUT2D eigenvalue weighted by molar-refractivity contribution is 0.0527. The van der Waals surface area contributed by atoms with Gasteiger partial charge in [0.1, 0.15) is 17.1 Å². The first-order valence-electron chi connectivity index (χ1n) is 5.53. The van der Waals surface area contributed by atoms with E-state index in [4.69, 9.17) is 22.1 Å². The summed E-state index contributed by atoms with van der Waals surface area (Å²) in [6, 6.07) is 3.34. The Bertz CT molecular complexity index is 601. The Morgan fingerprint density at radius 2 is 2.16 bits per heavy atom. The number of ether oxygens (including phenoxy) is 1. The van der Waals surface area contributed by atoms with Crippen LogP contribution in [0.4, 0.5) is 5.82 Å². The van der Waals surface area contributed by atoms with Crippen molar-refractivity contribution in [2.24, 2.45) is 0 Å². The molecule has 0 aromatic carbocycles. The molecular formula is C12H11ClN4O2. The summed E-state index contributed by atoms with van der Waals surface area (Å²) in [6.07, 6.45) is 2.81. The van der Waals surface area contributed by atoms with E-state index >= 15 is 0 Å². The second-order valence-electron chi connectivity index (χ2n) is 3.57. The molecule has 0 aliphatic heterocycles. The second kappa shape index (κ2) is 5.62. The fraction of sp³-hybridized carbons (Fsp3) is 0.167. The molecule has 0 amide bonds. The molecule has 6 nitrogen and oxygen atoms in total. The minimum atomic E-state index is -0.546. The molecule has 19 heavy (non-hydrogen) atoms. The summed E-state index contributed by atoms with van der Waals surface area (Å²) >= 11 is 5.74. The number of carbonyl (C=O) groups excluding carboxylic acids is 1. The SMILES string of the molecule is CCOC(=O)c1cnc(-c2ccc(Cl)cn2)nc1N. The Morgan fingerprint density at radius 3 is 2.74 bits per heavy atom. The number of aromatic nitrogens is 3. The molecule has 0 aliphatic carbocycles. The molecule has 0 fully saturated rings. The van der Waals surface area contributed by atoms with Crippen LogP contribution in [0.1, 0.15) is 17.3 Å². The topological polar surface area (TPSA) is 91.0 Å². The summed E-state index contributed by atoms with van der Waals surface area (Å²) in [7, 11) is 0. The van der Waals surface area contributed by atoms with Crippen LogP contribution in [0.25, 0.3) is 11.5 Å². The predicted octanol–water partition coefficient (Wildman–Crippen LogP) is 1.95. The van der Waals surface area contributed by atoms with Crippen LogP contribution >= 0.6 is 11.6 Å². The average Bonchev–Trinajstić information content (AvgIpc) is 2.39. The van der Waals surface area contributed by atoms with Crippen LogP contribution in [-0.2, 0) is 4.74 Å². The summed E-state index contributed by atoms with van der Waals surface area (Å²) < 4.78 is 4.84. The lowest BCUT2D eigenvalue weighted by atomic mass is 10.3. The quantitative estimate of drug-likeness (QED) is 0.863. The molecule has 2 heterocycles. The minimum Gasteiger partial charge on any atom is -0.462 e. The van der Waals surface area contributed by atoms with Gasteiger partial charge in [-0.1, -0.05) is 11.6 Å². The van der Waals surface area contributed by atoms with Crippen LogP contribution in [0.15, 0.2) is 24.5 Å². The van der Waals surface area contributed by atoms with Crippen molar-refractivity contribution < 1.29 is 9.53 Å². The highest BCUT2D eigenvalue weighted by Gasteiger charge is 2.14. The van der Waals surface area contributed by atoms with Crippen molar-refractivity contribution in [1.82, 2.24) is 15.0 Å². The molecule has 0 spiro atoms. The van der Waals surface area contributed by atoms with Gasteiger partial charge in [0.15, 0.2) is 5.82 Å². The Hall–Kier alpha value is -2.21. The van der Waals surface area contributed by atoms with Gasteiger partial charge in [-0.2, -0.15) is 0 Å². The van der Waals surface area contributed by atoms with Gasteiger partial charge in [-0.15, -0.1) is 0 Å². The van der Waals surface area contributed by atoms with Gasteiger partial charge in [0.2, 0.25) is 0 Å². The summed E-state index contributed by atoms with van der Waals surface area (Å²) in [5, 5.41) is 0.514.